The van der Waals surface area contributed by atoms with Gasteiger partial charge in [0.2, 0.25) is 5.91 Å². The van der Waals surface area contributed by atoms with Crippen molar-refractivity contribution < 1.29 is 14.7 Å². The van der Waals surface area contributed by atoms with E-state index in [1.165, 1.54) is 6.07 Å². The normalized spacial score (nSPS) is 20.2. The predicted molar refractivity (Wildman–Crippen MR) is 165 cm³/mol. The van der Waals surface area contributed by atoms with Gasteiger partial charge in [-0.3, -0.25) is 10.2 Å². The lowest BCUT2D eigenvalue weighted by atomic mass is 9.67. The number of piperidine rings is 1. The second-order valence-electron chi connectivity index (χ2n) is 12.5. The number of hydrogen-bond acceptors (Lipinski definition) is 9. The fourth-order valence-corrected chi connectivity index (χ4v) is 7.29. The molecule has 0 aromatic carbocycles. The molecule has 1 spiro atoms. The molecule has 0 bridgehead atoms. The number of carboxylic acids is 1. The van der Waals surface area contributed by atoms with Crippen LogP contribution in [0.2, 0.25) is 0 Å². The average Bonchev–Trinajstić information content (AvgIpc) is 3.05. The Morgan fingerprint density at radius 1 is 1.09 bits per heavy atom. The molecule has 0 radical (unpaired) electrons. The van der Waals surface area contributed by atoms with Gasteiger partial charge in [0, 0.05) is 56.8 Å². The molecule has 3 N–H and O–H groups in total. The smallest absolute Gasteiger partial charge is 0.356 e. The van der Waals surface area contributed by atoms with Gasteiger partial charge in [-0.2, -0.15) is 5.26 Å². The van der Waals surface area contributed by atoms with Crippen LogP contribution in [0.25, 0.3) is 0 Å². The first-order valence-corrected chi connectivity index (χ1v) is 15.6. The molecule has 230 valence electrons. The molecule has 4 aliphatic rings. The largest absolute Gasteiger partial charge is 0.476 e. The van der Waals surface area contributed by atoms with E-state index in [-0.39, 0.29) is 11.6 Å². The summed E-state index contributed by atoms with van der Waals surface area (Å²) >= 11 is 0. The predicted octanol–water partition coefficient (Wildman–Crippen LogP) is 3.50. The maximum atomic E-state index is 12.4. The molecule has 6 rings (SSSR count). The van der Waals surface area contributed by atoms with Gasteiger partial charge in [0.1, 0.15) is 17.6 Å². The highest BCUT2D eigenvalue weighted by atomic mass is 16.4. The first-order chi connectivity index (χ1) is 21.2. The zero-order valence-electron chi connectivity index (χ0n) is 25.2. The molecule has 5 heterocycles. The topological polar surface area (TPSA) is 162 Å². The van der Waals surface area contributed by atoms with Gasteiger partial charge < -0.3 is 25.1 Å². The monoisotopic (exact) mass is 597 g/mol. The molecule has 12 heteroatoms. The number of aryl methyl sites for hydroxylation is 1. The van der Waals surface area contributed by atoms with Crippen LogP contribution in [0.5, 0.6) is 0 Å². The molecule has 2 aromatic heterocycles. The standard InChI is InChI=1S/C32H39N9O3/c1-21(42)40-14-8-26(25(20-40)30(34)41-13-2-3-22-17-24(18-33)35-19-28(22)41)36-23-6-9-32(10-7-23)11-15-39(16-12-32)29-5-4-27(31(43)44)37-38-29/h4-5,17,19,23,34,36H,2-3,6-16,20H2,1H3,(H,43,44). The Kier molecular flexibility index (Phi) is 8.21. The van der Waals surface area contributed by atoms with Crippen LogP contribution in [0.3, 0.4) is 0 Å². The fraction of sp³-hybridized carbons (Fsp3) is 0.531. The van der Waals surface area contributed by atoms with Crippen molar-refractivity contribution in [3.05, 3.63) is 52.6 Å². The fourth-order valence-electron chi connectivity index (χ4n) is 7.29. The third kappa shape index (κ3) is 5.96. The number of amides is 1. The number of nitriles is 1. The SMILES string of the molecule is CC(=O)N1CCC(NC2CCC3(CC2)CCN(c2ccc(C(=O)O)nn2)CC3)=C(C(=N)N2CCCc3cc(C#N)ncc32)C1. The maximum Gasteiger partial charge on any atom is 0.356 e. The number of fused-ring (bicyclic) bond motifs is 1. The summed E-state index contributed by atoms with van der Waals surface area (Å²) in [4.78, 5) is 33.8. The molecule has 2 aromatic rings. The van der Waals surface area contributed by atoms with Gasteiger partial charge in [0.25, 0.3) is 0 Å². The summed E-state index contributed by atoms with van der Waals surface area (Å²) in [7, 11) is 0. The molecule has 2 fully saturated rings. The number of carbonyl (C=O) groups excluding carboxylic acids is 1. The lowest BCUT2D eigenvalue weighted by Gasteiger charge is -2.47. The van der Waals surface area contributed by atoms with Crippen LogP contribution in [0, 0.1) is 22.2 Å². The van der Waals surface area contributed by atoms with Crippen molar-refractivity contribution in [3.8, 4) is 6.07 Å². The first kappa shape index (κ1) is 29.5. The van der Waals surface area contributed by atoms with Crippen molar-refractivity contribution in [1.29, 1.82) is 10.7 Å². The van der Waals surface area contributed by atoms with Gasteiger partial charge in [0.05, 0.1) is 18.4 Å². The van der Waals surface area contributed by atoms with Crippen molar-refractivity contribution in [2.75, 3.05) is 42.5 Å². The molecule has 0 atom stereocenters. The van der Waals surface area contributed by atoms with Crippen LogP contribution in [0.4, 0.5) is 11.5 Å². The molecule has 44 heavy (non-hydrogen) atoms. The number of rotatable bonds is 5. The van der Waals surface area contributed by atoms with Crippen LogP contribution in [-0.2, 0) is 11.2 Å². The van der Waals surface area contributed by atoms with E-state index in [0.717, 1.165) is 92.8 Å². The van der Waals surface area contributed by atoms with Crippen molar-refractivity contribution >= 4 is 29.2 Å². The lowest BCUT2D eigenvalue weighted by Crippen LogP contribution is -2.48. The Balaban J connectivity index is 1.12. The summed E-state index contributed by atoms with van der Waals surface area (Å²) in [6, 6.07) is 7.53. The van der Waals surface area contributed by atoms with Gasteiger partial charge in [0.15, 0.2) is 11.5 Å². The maximum absolute atomic E-state index is 12.4. The van der Waals surface area contributed by atoms with E-state index in [2.05, 4.69) is 31.5 Å². The minimum atomic E-state index is -1.07. The molecule has 1 amide bonds. The highest BCUT2D eigenvalue weighted by Gasteiger charge is 2.39. The van der Waals surface area contributed by atoms with Gasteiger partial charge in [-0.15, -0.1) is 10.2 Å². The van der Waals surface area contributed by atoms with Gasteiger partial charge >= 0.3 is 5.97 Å². The summed E-state index contributed by atoms with van der Waals surface area (Å²) in [6.07, 6.45) is 10.7. The zero-order chi connectivity index (χ0) is 30.8. The van der Waals surface area contributed by atoms with Crippen LogP contribution in [-0.4, -0.2) is 81.7 Å². The van der Waals surface area contributed by atoms with Crippen LogP contribution in [0.15, 0.2) is 35.7 Å². The number of hydrogen-bond donors (Lipinski definition) is 3. The molecule has 3 aliphatic heterocycles. The van der Waals surface area contributed by atoms with Crippen LogP contribution < -0.4 is 15.1 Å². The lowest BCUT2D eigenvalue weighted by molar-refractivity contribution is -0.128. The number of nitrogens with one attached hydrogen (secondary N) is 2. The summed E-state index contributed by atoms with van der Waals surface area (Å²) in [6.45, 7) is 5.11. The summed E-state index contributed by atoms with van der Waals surface area (Å²) in [5, 5.41) is 39.6. The van der Waals surface area contributed by atoms with E-state index < -0.39 is 5.97 Å². The van der Waals surface area contributed by atoms with Crippen LogP contribution >= 0.6 is 0 Å². The van der Waals surface area contributed by atoms with E-state index in [1.54, 1.807) is 19.2 Å². The van der Waals surface area contributed by atoms with E-state index in [9.17, 15) is 20.3 Å². The van der Waals surface area contributed by atoms with E-state index in [0.29, 0.717) is 49.0 Å². The molecule has 1 aliphatic carbocycles. The summed E-state index contributed by atoms with van der Waals surface area (Å²) in [5.41, 5.74) is 4.50. The number of amidine groups is 1. The summed E-state index contributed by atoms with van der Waals surface area (Å²) < 4.78 is 0. The minimum Gasteiger partial charge on any atom is -0.476 e. The van der Waals surface area contributed by atoms with Crippen molar-refractivity contribution in [1.82, 2.24) is 25.4 Å². The zero-order valence-corrected chi connectivity index (χ0v) is 25.2. The van der Waals surface area contributed by atoms with E-state index in [1.807, 2.05) is 15.9 Å². The number of carboxylic acid groups (broad SMARTS) is 1. The number of nitrogens with zero attached hydrogens (tertiary/aromatic N) is 7. The van der Waals surface area contributed by atoms with Gasteiger partial charge in [-0.05, 0) is 80.5 Å². The number of anilines is 2. The highest BCUT2D eigenvalue weighted by molar-refractivity contribution is 6.09. The number of carbonyl (C=O) groups is 2. The third-order valence-electron chi connectivity index (χ3n) is 9.99. The summed E-state index contributed by atoms with van der Waals surface area (Å²) in [5.74, 6) is 0.0885. The number of aromatic carboxylic acids is 1. The Labute approximate surface area is 257 Å². The molecule has 12 nitrogen and oxygen atoms in total. The minimum absolute atomic E-state index is 0.0171. The van der Waals surface area contributed by atoms with Crippen molar-refractivity contribution in [3.63, 3.8) is 0 Å². The third-order valence-corrected chi connectivity index (χ3v) is 9.99. The van der Waals surface area contributed by atoms with Crippen molar-refractivity contribution in [2.24, 2.45) is 5.41 Å². The quantitative estimate of drug-likeness (QED) is 0.343. The first-order valence-electron chi connectivity index (χ1n) is 15.6. The van der Waals surface area contributed by atoms with Crippen LogP contribution in [0.1, 0.15) is 80.0 Å². The molecule has 1 saturated carbocycles. The van der Waals surface area contributed by atoms with Gasteiger partial charge in [-0.25, -0.2) is 9.78 Å². The van der Waals surface area contributed by atoms with Crippen molar-refractivity contribution in [2.45, 2.75) is 70.8 Å². The number of pyridine rings is 1. The van der Waals surface area contributed by atoms with E-state index >= 15 is 0 Å². The molecular formula is C32H39N9O3. The molecule has 0 unspecified atom stereocenters. The highest BCUT2D eigenvalue weighted by Crippen LogP contribution is 2.45. The average molecular weight is 598 g/mol. The Morgan fingerprint density at radius 3 is 2.52 bits per heavy atom. The van der Waals surface area contributed by atoms with E-state index in [4.69, 9.17) is 5.11 Å². The molecular weight excluding hydrogens is 558 g/mol. The Bertz CT molecular complexity index is 1510. The Hall–Kier alpha value is -4.53. The van der Waals surface area contributed by atoms with Gasteiger partial charge in [-0.1, -0.05) is 0 Å². The Morgan fingerprint density at radius 2 is 1.86 bits per heavy atom. The second kappa shape index (κ2) is 12.2. The number of aromatic nitrogens is 3. The second-order valence-corrected chi connectivity index (χ2v) is 12.5. The molecule has 1 saturated heterocycles.